The van der Waals surface area contributed by atoms with E-state index >= 15 is 0 Å². The summed E-state index contributed by atoms with van der Waals surface area (Å²) in [5.41, 5.74) is 5.95. The molecule has 4 nitrogen and oxygen atoms in total. The summed E-state index contributed by atoms with van der Waals surface area (Å²) in [7, 11) is 1.80. The molecule has 1 aromatic rings. The molecule has 0 aliphatic carbocycles. The average molecular weight is 227 g/mol. The molecule has 2 N–H and O–H groups in total. The molecule has 84 valence electrons. The topological polar surface area (TPSA) is 59.2 Å². The zero-order valence-corrected chi connectivity index (χ0v) is 10.2. The third kappa shape index (κ3) is 3.28. The van der Waals surface area contributed by atoms with E-state index in [1.165, 1.54) is 11.3 Å². The van der Waals surface area contributed by atoms with Gasteiger partial charge in [0.25, 0.3) is 5.91 Å². The molecule has 0 aliphatic heterocycles. The largest absolute Gasteiger partial charge is 0.340 e. The number of carbonyl (C=O) groups excluding carboxylic acids is 1. The van der Waals surface area contributed by atoms with Crippen LogP contribution in [0, 0.1) is 5.92 Å². The normalized spacial score (nSPS) is 10.7. The molecule has 15 heavy (non-hydrogen) atoms. The molecule has 0 radical (unpaired) electrons. The van der Waals surface area contributed by atoms with Crippen LogP contribution in [0.4, 0.5) is 0 Å². The monoisotopic (exact) mass is 227 g/mol. The minimum Gasteiger partial charge on any atom is -0.340 e. The highest BCUT2D eigenvalue weighted by atomic mass is 32.1. The molecule has 0 bridgehead atoms. The molecule has 0 aliphatic rings. The molecular formula is C10H17N3OS. The van der Waals surface area contributed by atoms with E-state index < -0.39 is 0 Å². The van der Waals surface area contributed by atoms with Gasteiger partial charge in [-0.25, -0.2) is 4.98 Å². The fourth-order valence-corrected chi connectivity index (χ4v) is 1.98. The Labute approximate surface area is 94.1 Å². The average Bonchev–Trinajstić information content (AvgIpc) is 2.63. The van der Waals surface area contributed by atoms with Crippen LogP contribution in [0.3, 0.4) is 0 Å². The summed E-state index contributed by atoms with van der Waals surface area (Å²) in [5, 5.41) is 2.57. The van der Waals surface area contributed by atoms with Gasteiger partial charge >= 0.3 is 0 Å². The van der Waals surface area contributed by atoms with E-state index in [0.717, 1.165) is 11.6 Å². The Hall–Kier alpha value is -0.940. The van der Waals surface area contributed by atoms with Crippen LogP contribution >= 0.6 is 11.3 Å². The molecule has 0 aromatic carbocycles. The Kier molecular flexibility index (Phi) is 4.23. The van der Waals surface area contributed by atoms with Gasteiger partial charge in [-0.1, -0.05) is 13.8 Å². The highest BCUT2D eigenvalue weighted by Gasteiger charge is 2.15. The number of aromatic nitrogens is 1. The van der Waals surface area contributed by atoms with E-state index in [4.69, 9.17) is 5.73 Å². The van der Waals surface area contributed by atoms with Crippen molar-refractivity contribution in [2.24, 2.45) is 11.7 Å². The molecule has 1 rings (SSSR count). The number of nitrogens with zero attached hydrogens (tertiary/aromatic N) is 2. The fraction of sp³-hybridized carbons (Fsp3) is 0.600. The van der Waals surface area contributed by atoms with Gasteiger partial charge in [0.15, 0.2) is 0 Å². The molecule has 0 saturated heterocycles. The van der Waals surface area contributed by atoms with E-state index in [2.05, 4.69) is 18.8 Å². The summed E-state index contributed by atoms with van der Waals surface area (Å²) in [6, 6.07) is 0. The molecular weight excluding hydrogens is 210 g/mol. The molecule has 0 fully saturated rings. The number of thiazole rings is 1. The number of rotatable bonds is 4. The second kappa shape index (κ2) is 5.23. The van der Waals surface area contributed by atoms with Gasteiger partial charge in [0.05, 0.1) is 0 Å². The maximum absolute atomic E-state index is 11.8. The first-order chi connectivity index (χ1) is 7.04. The van der Waals surface area contributed by atoms with E-state index in [9.17, 15) is 4.79 Å². The minimum atomic E-state index is -0.0281. The summed E-state index contributed by atoms with van der Waals surface area (Å²) in [5.74, 6) is 0.436. The van der Waals surface area contributed by atoms with Crippen LogP contribution in [0.25, 0.3) is 0 Å². The third-order valence-electron chi connectivity index (χ3n) is 1.93. The zero-order chi connectivity index (χ0) is 11.4. The van der Waals surface area contributed by atoms with Crippen molar-refractivity contribution in [2.75, 3.05) is 13.6 Å². The maximum atomic E-state index is 11.8. The lowest BCUT2D eigenvalue weighted by Gasteiger charge is -2.17. The highest BCUT2D eigenvalue weighted by molar-refractivity contribution is 7.09. The van der Waals surface area contributed by atoms with Gasteiger partial charge in [-0.15, -0.1) is 11.3 Å². The first kappa shape index (κ1) is 12.1. The summed E-state index contributed by atoms with van der Waals surface area (Å²) in [6.45, 7) is 5.30. The Morgan fingerprint density at radius 3 is 2.80 bits per heavy atom. The molecule has 1 heterocycles. The maximum Gasteiger partial charge on any atom is 0.273 e. The quantitative estimate of drug-likeness (QED) is 0.844. The molecule has 0 unspecified atom stereocenters. The summed E-state index contributed by atoms with van der Waals surface area (Å²) in [4.78, 5) is 17.7. The van der Waals surface area contributed by atoms with E-state index in [1.54, 1.807) is 17.3 Å². The zero-order valence-electron chi connectivity index (χ0n) is 9.36. The first-order valence-electron chi connectivity index (χ1n) is 4.94. The lowest BCUT2D eigenvalue weighted by atomic mass is 10.2. The molecule has 1 aromatic heterocycles. The van der Waals surface area contributed by atoms with Crippen molar-refractivity contribution in [1.82, 2.24) is 9.88 Å². The van der Waals surface area contributed by atoms with Crippen LogP contribution in [-0.2, 0) is 6.54 Å². The Bertz CT molecular complexity index is 335. The number of carbonyl (C=O) groups is 1. The Morgan fingerprint density at radius 2 is 2.33 bits per heavy atom. The first-order valence-corrected chi connectivity index (χ1v) is 5.82. The standard InChI is InChI=1S/C10H17N3OS/c1-7(2)5-13(3)10(14)8-6-15-9(4-11)12-8/h6-7H,4-5,11H2,1-3H3. The lowest BCUT2D eigenvalue weighted by molar-refractivity contribution is 0.0774. The predicted molar refractivity (Wildman–Crippen MR) is 61.8 cm³/mol. The van der Waals surface area contributed by atoms with Crippen molar-refractivity contribution in [2.45, 2.75) is 20.4 Å². The molecule has 1 amide bonds. The van der Waals surface area contributed by atoms with Crippen molar-refractivity contribution in [3.8, 4) is 0 Å². The van der Waals surface area contributed by atoms with E-state index in [0.29, 0.717) is 18.2 Å². The van der Waals surface area contributed by atoms with Gasteiger partial charge in [0.1, 0.15) is 10.7 Å². The van der Waals surface area contributed by atoms with Gasteiger partial charge in [0, 0.05) is 25.5 Å². The van der Waals surface area contributed by atoms with Crippen molar-refractivity contribution in [3.05, 3.63) is 16.1 Å². The number of nitrogens with two attached hydrogens (primary N) is 1. The van der Waals surface area contributed by atoms with Crippen LogP contribution in [0.2, 0.25) is 0 Å². The predicted octanol–water partition coefficient (Wildman–Crippen LogP) is 1.33. The third-order valence-corrected chi connectivity index (χ3v) is 2.80. The van der Waals surface area contributed by atoms with Gasteiger partial charge in [-0.05, 0) is 5.92 Å². The van der Waals surface area contributed by atoms with Crippen molar-refractivity contribution in [3.63, 3.8) is 0 Å². The van der Waals surface area contributed by atoms with Gasteiger partial charge < -0.3 is 10.6 Å². The van der Waals surface area contributed by atoms with Gasteiger partial charge in [0.2, 0.25) is 0 Å². The summed E-state index contributed by atoms with van der Waals surface area (Å²) < 4.78 is 0. The Balaban J connectivity index is 2.67. The lowest BCUT2D eigenvalue weighted by Crippen LogP contribution is -2.30. The smallest absolute Gasteiger partial charge is 0.273 e. The van der Waals surface area contributed by atoms with Crippen molar-refractivity contribution >= 4 is 17.2 Å². The van der Waals surface area contributed by atoms with Gasteiger partial charge in [-0.3, -0.25) is 4.79 Å². The van der Waals surface area contributed by atoms with Crippen LogP contribution in [0.5, 0.6) is 0 Å². The molecule has 0 spiro atoms. The van der Waals surface area contributed by atoms with Crippen molar-refractivity contribution < 1.29 is 4.79 Å². The van der Waals surface area contributed by atoms with Gasteiger partial charge in [-0.2, -0.15) is 0 Å². The highest BCUT2D eigenvalue weighted by Crippen LogP contribution is 2.11. The van der Waals surface area contributed by atoms with E-state index in [1.807, 2.05) is 0 Å². The van der Waals surface area contributed by atoms with Crippen LogP contribution in [0.1, 0.15) is 29.3 Å². The second-order valence-electron chi connectivity index (χ2n) is 3.91. The fourth-order valence-electron chi connectivity index (χ4n) is 1.33. The molecule has 5 heteroatoms. The SMILES string of the molecule is CC(C)CN(C)C(=O)c1csc(CN)n1. The number of amides is 1. The summed E-state index contributed by atoms with van der Waals surface area (Å²) in [6.07, 6.45) is 0. The second-order valence-corrected chi connectivity index (χ2v) is 4.85. The van der Waals surface area contributed by atoms with Crippen LogP contribution in [0.15, 0.2) is 5.38 Å². The van der Waals surface area contributed by atoms with Crippen LogP contribution in [-0.4, -0.2) is 29.4 Å². The number of hydrogen-bond acceptors (Lipinski definition) is 4. The molecule has 0 saturated carbocycles. The molecule has 0 atom stereocenters. The number of hydrogen-bond donors (Lipinski definition) is 1. The Morgan fingerprint density at radius 1 is 1.67 bits per heavy atom. The summed E-state index contributed by atoms with van der Waals surface area (Å²) >= 11 is 1.43. The van der Waals surface area contributed by atoms with Crippen LogP contribution < -0.4 is 5.73 Å². The minimum absolute atomic E-state index is 0.0281. The van der Waals surface area contributed by atoms with E-state index in [-0.39, 0.29) is 5.91 Å². The van der Waals surface area contributed by atoms with Crippen molar-refractivity contribution in [1.29, 1.82) is 0 Å².